The zero-order chi connectivity index (χ0) is 17.4. The van der Waals surface area contributed by atoms with E-state index in [1.807, 2.05) is 0 Å². The predicted octanol–water partition coefficient (Wildman–Crippen LogP) is 2.09. The topological polar surface area (TPSA) is 119 Å². The number of aromatic nitrogens is 2. The van der Waals surface area contributed by atoms with E-state index >= 15 is 0 Å². The first kappa shape index (κ1) is 17.1. The Kier molecular flexibility index (Phi) is 6.01. The van der Waals surface area contributed by atoms with Gasteiger partial charge in [-0.3, -0.25) is 10.1 Å². The van der Waals surface area contributed by atoms with Crippen LogP contribution in [0.3, 0.4) is 0 Å². The van der Waals surface area contributed by atoms with Crippen LogP contribution in [0.5, 0.6) is 0 Å². The summed E-state index contributed by atoms with van der Waals surface area (Å²) in [6.07, 6.45) is 4.02. The number of rotatable bonds is 8. The molecule has 0 saturated heterocycles. The number of hydrogen-bond donors (Lipinski definition) is 2. The highest BCUT2D eigenvalue weighted by Crippen LogP contribution is 2.22. The van der Waals surface area contributed by atoms with Crippen LogP contribution < -0.4 is 10.6 Å². The minimum atomic E-state index is -0.628. The van der Waals surface area contributed by atoms with Gasteiger partial charge in [0.25, 0.3) is 5.69 Å². The summed E-state index contributed by atoms with van der Waals surface area (Å²) in [6.45, 7) is 1.19. The Hall–Kier alpha value is -3.23. The number of nitro groups is 1. The Bertz CT molecular complexity index is 708. The van der Waals surface area contributed by atoms with E-state index in [1.165, 1.54) is 25.3 Å². The summed E-state index contributed by atoms with van der Waals surface area (Å²) in [7, 11) is 1.23. The maximum atomic E-state index is 11.8. The summed E-state index contributed by atoms with van der Waals surface area (Å²) in [4.78, 5) is 30.1. The number of nitrogens with zero attached hydrogens (tertiary/aromatic N) is 3. The average Bonchev–Trinajstić information content (AvgIpc) is 2.61. The van der Waals surface area contributed by atoms with Crippen molar-refractivity contribution in [3.05, 3.63) is 52.3 Å². The van der Waals surface area contributed by atoms with Crippen LogP contribution in [0, 0.1) is 10.1 Å². The molecule has 24 heavy (non-hydrogen) atoms. The number of methoxy groups -OCH3 is 1. The Labute approximate surface area is 138 Å². The lowest BCUT2D eigenvalue weighted by atomic mass is 10.1. The van der Waals surface area contributed by atoms with Crippen LogP contribution in [-0.2, 0) is 4.74 Å². The molecular weight excluding hydrogens is 314 g/mol. The molecule has 0 aliphatic heterocycles. The molecule has 9 heteroatoms. The van der Waals surface area contributed by atoms with Crippen LogP contribution in [0.1, 0.15) is 16.8 Å². The molecule has 0 aliphatic carbocycles. The fourth-order valence-corrected chi connectivity index (χ4v) is 1.98. The standard InChI is InChI=1S/C15H17N5O4/c1-24-14(21)12-10-11(20(22)23)4-5-13(12)16-6-2-7-17-15-18-8-3-9-19-15/h3-5,8-10,16H,2,6-7H2,1H3,(H,17,18,19). The number of nitrogens with one attached hydrogen (secondary N) is 2. The zero-order valence-corrected chi connectivity index (χ0v) is 13.1. The Balaban J connectivity index is 1.91. The molecule has 0 fully saturated rings. The van der Waals surface area contributed by atoms with Crippen molar-refractivity contribution in [1.29, 1.82) is 0 Å². The van der Waals surface area contributed by atoms with Crippen LogP contribution in [0.25, 0.3) is 0 Å². The van der Waals surface area contributed by atoms with Gasteiger partial charge >= 0.3 is 5.97 Å². The van der Waals surface area contributed by atoms with Crippen molar-refractivity contribution in [2.75, 3.05) is 30.8 Å². The van der Waals surface area contributed by atoms with Crippen molar-refractivity contribution in [2.24, 2.45) is 0 Å². The first-order valence-corrected chi connectivity index (χ1v) is 7.23. The predicted molar refractivity (Wildman–Crippen MR) is 88.1 cm³/mol. The van der Waals surface area contributed by atoms with Crippen LogP contribution in [0.2, 0.25) is 0 Å². The summed E-state index contributed by atoms with van der Waals surface area (Å²) < 4.78 is 4.67. The third-order valence-corrected chi connectivity index (χ3v) is 3.14. The van der Waals surface area contributed by atoms with Crippen LogP contribution in [0.15, 0.2) is 36.7 Å². The monoisotopic (exact) mass is 331 g/mol. The fourth-order valence-electron chi connectivity index (χ4n) is 1.98. The van der Waals surface area contributed by atoms with E-state index in [2.05, 4.69) is 25.3 Å². The van der Waals surface area contributed by atoms with Crippen LogP contribution in [0.4, 0.5) is 17.3 Å². The second kappa shape index (κ2) is 8.42. The van der Waals surface area contributed by atoms with E-state index in [-0.39, 0.29) is 11.3 Å². The minimum absolute atomic E-state index is 0.131. The Morgan fingerprint density at radius 3 is 2.62 bits per heavy atom. The minimum Gasteiger partial charge on any atom is -0.465 e. The molecule has 9 nitrogen and oxygen atoms in total. The van der Waals surface area contributed by atoms with Gasteiger partial charge in [-0.15, -0.1) is 0 Å². The van der Waals surface area contributed by atoms with E-state index in [1.54, 1.807) is 18.5 Å². The molecule has 126 valence electrons. The SMILES string of the molecule is COC(=O)c1cc([N+](=O)[O-])ccc1NCCCNc1ncccn1. The number of esters is 1. The van der Waals surface area contributed by atoms with Gasteiger partial charge < -0.3 is 15.4 Å². The summed E-state index contributed by atoms with van der Waals surface area (Å²) in [6, 6.07) is 5.77. The van der Waals surface area contributed by atoms with Gasteiger partial charge in [0, 0.05) is 43.3 Å². The molecule has 1 aromatic heterocycles. The van der Waals surface area contributed by atoms with Gasteiger partial charge in [-0.2, -0.15) is 0 Å². The molecule has 2 N–H and O–H groups in total. The Morgan fingerprint density at radius 1 is 1.25 bits per heavy atom. The zero-order valence-electron chi connectivity index (χ0n) is 13.1. The van der Waals surface area contributed by atoms with Crippen molar-refractivity contribution in [2.45, 2.75) is 6.42 Å². The first-order chi connectivity index (χ1) is 11.6. The fraction of sp³-hybridized carbons (Fsp3) is 0.267. The summed E-state index contributed by atoms with van der Waals surface area (Å²) in [5.74, 6) is -0.0832. The third kappa shape index (κ3) is 4.63. The number of carbonyl (C=O) groups is 1. The highest BCUT2D eigenvalue weighted by molar-refractivity contribution is 5.96. The van der Waals surface area contributed by atoms with E-state index in [0.29, 0.717) is 24.7 Å². The number of ether oxygens (including phenoxy) is 1. The molecule has 1 heterocycles. The number of nitro benzene ring substituents is 1. The second-order valence-electron chi connectivity index (χ2n) is 4.76. The van der Waals surface area contributed by atoms with Crippen molar-refractivity contribution in [1.82, 2.24) is 9.97 Å². The number of anilines is 2. The lowest BCUT2D eigenvalue weighted by Crippen LogP contribution is -2.13. The second-order valence-corrected chi connectivity index (χ2v) is 4.76. The molecule has 0 radical (unpaired) electrons. The third-order valence-electron chi connectivity index (χ3n) is 3.14. The van der Waals surface area contributed by atoms with Gasteiger partial charge in [-0.05, 0) is 18.6 Å². The summed E-state index contributed by atoms with van der Waals surface area (Å²) in [5.41, 5.74) is 0.457. The molecule has 1 aromatic carbocycles. The van der Waals surface area contributed by atoms with Gasteiger partial charge in [0.05, 0.1) is 17.6 Å². The highest BCUT2D eigenvalue weighted by Gasteiger charge is 2.16. The van der Waals surface area contributed by atoms with Crippen molar-refractivity contribution in [3.8, 4) is 0 Å². The molecular formula is C15H17N5O4. The van der Waals surface area contributed by atoms with E-state index in [0.717, 1.165) is 6.42 Å². The summed E-state index contributed by atoms with van der Waals surface area (Å²) in [5, 5.41) is 17.0. The van der Waals surface area contributed by atoms with Gasteiger partial charge in [-0.25, -0.2) is 14.8 Å². The van der Waals surface area contributed by atoms with Gasteiger partial charge in [-0.1, -0.05) is 0 Å². The lowest BCUT2D eigenvalue weighted by molar-refractivity contribution is -0.384. The lowest BCUT2D eigenvalue weighted by Gasteiger charge is -2.11. The van der Waals surface area contributed by atoms with Gasteiger partial charge in [0.15, 0.2) is 0 Å². The smallest absolute Gasteiger partial charge is 0.340 e. The normalized spacial score (nSPS) is 10.0. The van der Waals surface area contributed by atoms with Crippen LogP contribution >= 0.6 is 0 Å². The molecule has 0 saturated carbocycles. The van der Waals surface area contributed by atoms with Crippen molar-refractivity contribution < 1.29 is 14.5 Å². The maximum Gasteiger partial charge on any atom is 0.340 e. The molecule has 2 aromatic rings. The van der Waals surface area contributed by atoms with E-state index in [4.69, 9.17) is 0 Å². The highest BCUT2D eigenvalue weighted by atomic mass is 16.6. The Morgan fingerprint density at radius 2 is 1.96 bits per heavy atom. The molecule has 0 atom stereocenters. The van der Waals surface area contributed by atoms with Crippen LogP contribution in [-0.4, -0.2) is 41.1 Å². The van der Waals surface area contributed by atoms with Gasteiger partial charge in [0.2, 0.25) is 5.95 Å². The van der Waals surface area contributed by atoms with E-state index < -0.39 is 10.9 Å². The quantitative estimate of drug-likeness (QED) is 0.326. The molecule has 0 bridgehead atoms. The largest absolute Gasteiger partial charge is 0.465 e. The molecule has 0 spiro atoms. The number of hydrogen-bond acceptors (Lipinski definition) is 8. The molecule has 0 aliphatic rings. The molecule has 0 amide bonds. The molecule has 2 rings (SSSR count). The average molecular weight is 331 g/mol. The number of non-ortho nitro benzene ring substituents is 1. The molecule has 0 unspecified atom stereocenters. The summed E-state index contributed by atoms with van der Waals surface area (Å²) >= 11 is 0. The number of carbonyl (C=O) groups excluding carboxylic acids is 1. The van der Waals surface area contributed by atoms with E-state index in [9.17, 15) is 14.9 Å². The number of benzene rings is 1. The first-order valence-electron chi connectivity index (χ1n) is 7.23. The van der Waals surface area contributed by atoms with Crippen molar-refractivity contribution in [3.63, 3.8) is 0 Å². The maximum absolute atomic E-state index is 11.8. The van der Waals surface area contributed by atoms with Crippen molar-refractivity contribution >= 4 is 23.3 Å². The van der Waals surface area contributed by atoms with Gasteiger partial charge in [0.1, 0.15) is 0 Å².